The fourth-order valence-electron chi connectivity index (χ4n) is 3.00. The van der Waals surface area contributed by atoms with E-state index in [1.54, 1.807) is 6.07 Å². The molecule has 1 aliphatic rings. The molecule has 0 spiro atoms. The highest BCUT2D eigenvalue weighted by Gasteiger charge is 2.34. The largest absolute Gasteiger partial charge is 0.480 e. The number of aliphatic carboxylic acids is 1. The highest BCUT2D eigenvalue weighted by molar-refractivity contribution is 5.97. The van der Waals surface area contributed by atoms with Crippen LogP contribution in [0.1, 0.15) is 21.5 Å². The molecule has 136 valence electrons. The number of hydrogen-bond acceptors (Lipinski definition) is 3. The predicted octanol–water partition coefficient (Wildman–Crippen LogP) is 3.04. The van der Waals surface area contributed by atoms with E-state index in [1.807, 2.05) is 32.0 Å². The number of carboxylic acids is 1. The van der Waals surface area contributed by atoms with Gasteiger partial charge >= 0.3 is 5.97 Å². The second kappa shape index (κ2) is 7.25. The molecule has 1 fully saturated rings. The summed E-state index contributed by atoms with van der Waals surface area (Å²) in [6.45, 7) is 4.25. The third-order valence-electron chi connectivity index (χ3n) is 4.71. The van der Waals surface area contributed by atoms with Crippen molar-refractivity contribution in [2.24, 2.45) is 0 Å². The molecular formula is C20H20FNO4. The van der Waals surface area contributed by atoms with Crippen LogP contribution in [0.25, 0.3) is 11.1 Å². The minimum absolute atomic E-state index is 0.0938. The van der Waals surface area contributed by atoms with Gasteiger partial charge in [0.1, 0.15) is 5.82 Å². The highest BCUT2D eigenvalue weighted by Crippen LogP contribution is 2.25. The van der Waals surface area contributed by atoms with Crippen molar-refractivity contribution >= 4 is 11.9 Å². The third kappa shape index (κ3) is 3.46. The summed E-state index contributed by atoms with van der Waals surface area (Å²) in [6, 6.07) is 9.14. The minimum atomic E-state index is -1.16. The summed E-state index contributed by atoms with van der Waals surface area (Å²) in [6.07, 6.45) is 0. The van der Waals surface area contributed by atoms with Crippen molar-refractivity contribution in [2.75, 3.05) is 19.8 Å². The monoisotopic (exact) mass is 357 g/mol. The van der Waals surface area contributed by atoms with Crippen molar-refractivity contribution in [1.82, 2.24) is 4.90 Å². The highest BCUT2D eigenvalue weighted by atomic mass is 19.1. The van der Waals surface area contributed by atoms with Crippen LogP contribution >= 0.6 is 0 Å². The van der Waals surface area contributed by atoms with E-state index in [9.17, 15) is 19.1 Å². The molecule has 26 heavy (non-hydrogen) atoms. The fraction of sp³-hybridized carbons (Fsp3) is 0.300. The number of carbonyl (C=O) groups excluding carboxylic acids is 1. The molecular weight excluding hydrogens is 337 g/mol. The van der Waals surface area contributed by atoms with Gasteiger partial charge in [-0.2, -0.15) is 0 Å². The van der Waals surface area contributed by atoms with Crippen LogP contribution in [-0.4, -0.2) is 47.7 Å². The molecule has 1 saturated heterocycles. The number of halogens is 1. The molecule has 0 bridgehead atoms. The van der Waals surface area contributed by atoms with Gasteiger partial charge in [-0.25, -0.2) is 9.18 Å². The molecule has 0 saturated carbocycles. The van der Waals surface area contributed by atoms with Gasteiger partial charge in [0.15, 0.2) is 6.04 Å². The van der Waals surface area contributed by atoms with E-state index in [1.165, 1.54) is 12.1 Å². The summed E-state index contributed by atoms with van der Waals surface area (Å²) in [5, 5.41) is 9.25. The number of carbonyl (C=O) groups is 2. The molecule has 1 aliphatic heterocycles. The molecule has 5 nitrogen and oxygen atoms in total. The Morgan fingerprint density at radius 1 is 1.12 bits per heavy atom. The molecule has 1 atom stereocenters. The number of nitrogens with zero attached hydrogens (tertiary/aromatic N) is 1. The van der Waals surface area contributed by atoms with Crippen LogP contribution in [0, 0.1) is 19.7 Å². The van der Waals surface area contributed by atoms with Gasteiger partial charge in [-0.1, -0.05) is 24.3 Å². The number of amides is 1. The summed E-state index contributed by atoms with van der Waals surface area (Å²) in [7, 11) is 0. The van der Waals surface area contributed by atoms with Crippen molar-refractivity contribution in [3.63, 3.8) is 0 Å². The first-order chi connectivity index (χ1) is 12.4. The standard InChI is InChI=1S/C20H20FNO4/c1-12-3-4-14(9-13(12)2)15-5-6-16(17(21)10-15)19(23)22-7-8-26-11-18(22)20(24)25/h3-6,9-10,18H,7-8,11H2,1-2H3,(H,24,25). The zero-order valence-electron chi connectivity index (χ0n) is 14.7. The molecule has 1 heterocycles. The molecule has 1 unspecified atom stereocenters. The lowest BCUT2D eigenvalue weighted by atomic mass is 9.99. The van der Waals surface area contributed by atoms with Crippen LogP contribution in [0.15, 0.2) is 36.4 Å². The van der Waals surface area contributed by atoms with Gasteiger partial charge < -0.3 is 14.7 Å². The van der Waals surface area contributed by atoms with E-state index in [-0.39, 0.29) is 25.3 Å². The zero-order valence-corrected chi connectivity index (χ0v) is 14.7. The van der Waals surface area contributed by atoms with Gasteiger partial charge in [0.2, 0.25) is 0 Å². The Labute approximate surface area is 151 Å². The summed E-state index contributed by atoms with van der Waals surface area (Å²) < 4.78 is 19.7. The van der Waals surface area contributed by atoms with Crippen molar-refractivity contribution in [3.05, 3.63) is 58.9 Å². The van der Waals surface area contributed by atoms with Gasteiger partial charge in [-0.3, -0.25) is 4.79 Å². The van der Waals surface area contributed by atoms with Gasteiger partial charge in [-0.15, -0.1) is 0 Å². The van der Waals surface area contributed by atoms with Crippen LogP contribution in [0.4, 0.5) is 4.39 Å². The lowest BCUT2D eigenvalue weighted by Gasteiger charge is -2.33. The molecule has 0 radical (unpaired) electrons. The molecule has 0 aromatic heterocycles. The topological polar surface area (TPSA) is 66.8 Å². The average Bonchev–Trinajstić information content (AvgIpc) is 2.63. The van der Waals surface area contributed by atoms with E-state index in [2.05, 4.69) is 0 Å². The first-order valence-electron chi connectivity index (χ1n) is 8.37. The molecule has 1 amide bonds. The number of hydrogen-bond donors (Lipinski definition) is 1. The van der Waals surface area contributed by atoms with Crippen LogP contribution < -0.4 is 0 Å². The predicted molar refractivity (Wildman–Crippen MR) is 94.6 cm³/mol. The maximum atomic E-state index is 14.6. The Morgan fingerprint density at radius 2 is 1.81 bits per heavy atom. The number of aryl methyl sites for hydroxylation is 2. The van der Waals surface area contributed by atoms with Gasteiger partial charge in [0.05, 0.1) is 18.8 Å². The first-order valence-corrected chi connectivity index (χ1v) is 8.37. The summed E-state index contributed by atoms with van der Waals surface area (Å²) in [5.41, 5.74) is 3.64. The average molecular weight is 357 g/mol. The Morgan fingerprint density at radius 3 is 2.46 bits per heavy atom. The third-order valence-corrected chi connectivity index (χ3v) is 4.71. The van der Waals surface area contributed by atoms with Gasteiger partial charge in [0, 0.05) is 6.54 Å². The molecule has 0 aliphatic carbocycles. The van der Waals surface area contributed by atoms with E-state index in [0.29, 0.717) is 5.56 Å². The number of rotatable bonds is 3. The molecule has 6 heteroatoms. The fourth-order valence-corrected chi connectivity index (χ4v) is 3.00. The summed E-state index contributed by atoms with van der Waals surface area (Å²) >= 11 is 0. The van der Waals surface area contributed by atoms with Crippen molar-refractivity contribution < 1.29 is 23.8 Å². The van der Waals surface area contributed by atoms with Gasteiger partial charge in [0.25, 0.3) is 5.91 Å². The normalized spacial score (nSPS) is 17.2. The maximum absolute atomic E-state index is 14.6. The molecule has 2 aromatic carbocycles. The Bertz CT molecular complexity index is 865. The quantitative estimate of drug-likeness (QED) is 0.917. The summed E-state index contributed by atoms with van der Waals surface area (Å²) in [4.78, 5) is 25.1. The SMILES string of the molecule is Cc1ccc(-c2ccc(C(=O)N3CCOCC3C(=O)O)c(F)c2)cc1C. The lowest BCUT2D eigenvalue weighted by Crippen LogP contribution is -2.52. The van der Waals surface area contributed by atoms with Crippen LogP contribution in [0.5, 0.6) is 0 Å². The Hall–Kier alpha value is -2.73. The number of ether oxygens (including phenoxy) is 1. The summed E-state index contributed by atoms with van der Waals surface area (Å²) in [5.74, 6) is -2.46. The number of benzene rings is 2. The Balaban J connectivity index is 1.90. The van der Waals surface area contributed by atoms with Crippen molar-refractivity contribution in [2.45, 2.75) is 19.9 Å². The van der Waals surface area contributed by atoms with E-state index in [4.69, 9.17) is 4.74 Å². The van der Waals surface area contributed by atoms with Crippen LogP contribution in [-0.2, 0) is 9.53 Å². The molecule has 3 rings (SSSR count). The minimum Gasteiger partial charge on any atom is -0.480 e. The molecule has 2 aromatic rings. The smallest absolute Gasteiger partial charge is 0.328 e. The van der Waals surface area contributed by atoms with E-state index >= 15 is 0 Å². The second-order valence-corrected chi connectivity index (χ2v) is 6.42. The van der Waals surface area contributed by atoms with Crippen LogP contribution in [0.3, 0.4) is 0 Å². The molecule has 1 N–H and O–H groups in total. The maximum Gasteiger partial charge on any atom is 0.328 e. The second-order valence-electron chi connectivity index (χ2n) is 6.42. The van der Waals surface area contributed by atoms with E-state index in [0.717, 1.165) is 21.6 Å². The first kappa shape index (κ1) is 18.1. The lowest BCUT2D eigenvalue weighted by molar-refractivity contribution is -0.147. The number of carboxylic acid groups (broad SMARTS) is 1. The Kier molecular flexibility index (Phi) is 5.04. The zero-order chi connectivity index (χ0) is 18.8. The van der Waals surface area contributed by atoms with E-state index < -0.39 is 23.7 Å². The van der Waals surface area contributed by atoms with Gasteiger partial charge in [-0.05, 0) is 48.2 Å². The van der Waals surface area contributed by atoms with Crippen molar-refractivity contribution in [1.29, 1.82) is 0 Å². The number of morpholine rings is 1. The van der Waals surface area contributed by atoms with Crippen LogP contribution in [0.2, 0.25) is 0 Å². The van der Waals surface area contributed by atoms with Crippen molar-refractivity contribution in [3.8, 4) is 11.1 Å².